The molecule has 0 nitrogen and oxygen atoms in total. The average Bonchev–Trinajstić information content (AvgIpc) is 2.93. The molecular formula is C36H25I. The molecule has 1 heteroatoms. The molecule has 0 saturated heterocycles. The Bertz CT molecular complexity index is 1940. The minimum absolute atomic E-state index is 0.940. The zero-order valence-corrected chi connectivity index (χ0v) is 22.9. The third kappa shape index (κ3) is 4.25. The normalized spacial score (nSPS) is 11.1. The van der Waals surface area contributed by atoms with Crippen molar-refractivity contribution in [3.63, 3.8) is 0 Å². The zero-order chi connectivity index (χ0) is 25.4. The van der Waals surface area contributed by atoms with Gasteiger partial charge in [0, 0.05) is 20.3 Å². The summed E-state index contributed by atoms with van der Waals surface area (Å²) in [6, 6.07) is 32.5. The van der Waals surface area contributed by atoms with Gasteiger partial charge in [0.15, 0.2) is 0 Å². The van der Waals surface area contributed by atoms with Gasteiger partial charge in [-0.2, -0.15) is 0 Å². The molecule has 0 fully saturated rings. The van der Waals surface area contributed by atoms with Gasteiger partial charge in [0.1, 0.15) is 0 Å². The minimum Gasteiger partial charge on any atom is -0.115 e. The summed E-state index contributed by atoms with van der Waals surface area (Å²) in [4.78, 5) is 0. The van der Waals surface area contributed by atoms with Crippen LogP contribution in [-0.2, 0) is 6.42 Å². The molecule has 37 heavy (non-hydrogen) atoms. The first-order valence-electron chi connectivity index (χ1n) is 12.7. The molecule has 0 radical (unpaired) electrons. The number of hydrogen-bond acceptors (Lipinski definition) is 0. The van der Waals surface area contributed by atoms with Crippen LogP contribution in [0.3, 0.4) is 0 Å². The van der Waals surface area contributed by atoms with Crippen LogP contribution < -0.4 is 0 Å². The van der Waals surface area contributed by atoms with Crippen molar-refractivity contribution in [2.45, 2.75) is 26.2 Å². The number of fused-ring (bicyclic) bond motifs is 4. The van der Waals surface area contributed by atoms with Crippen molar-refractivity contribution in [3.05, 3.63) is 117 Å². The number of terminal acetylenes is 1. The molecule has 0 saturated carbocycles. The van der Waals surface area contributed by atoms with E-state index in [9.17, 15) is 0 Å². The van der Waals surface area contributed by atoms with Gasteiger partial charge in [-0.25, -0.2) is 0 Å². The minimum atomic E-state index is 0.940. The molecule has 176 valence electrons. The second kappa shape index (κ2) is 9.93. The molecule has 0 N–H and O–H groups in total. The van der Waals surface area contributed by atoms with E-state index in [0.717, 1.165) is 41.3 Å². The van der Waals surface area contributed by atoms with Crippen molar-refractivity contribution in [1.29, 1.82) is 0 Å². The van der Waals surface area contributed by atoms with E-state index in [1.807, 2.05) is 6.07 Å². The highest BCUT2D eigenvalue weighted by molar-refractivity contribution is 14.1. The molecule has 0 atom stereocenters. The molecule has 6 aromatic carbocycles. The Kier molecular flexibility index (Phi) is 6.33. The summed E-state index contributed by atoms with van der Waals surface area (Å²) in [6.45, 7) is 2.24. The van der Waals surface area contributed by atoms with Gasteiger partial charge >= 0.3 is 0 Å². The third-order valence-electron chi connectivity index (χ3n) is 7.25. The van der Waals surface area contributed by atoms with E-state index in [-0.39, 0.29) is 0 Å². The summed E-state index contributed by atoms with van der Waals surface area (Å²) in [7, 11) is 0. The number of unbranched alkanes of at least 4 members (excludes halogenated alkanes) is 1. The van der Waals surface area contributed by atoms with Crippen LogP contribution in [0, 0.1) is 27.8 Å². The lowest BCUT2D eigenvalue weighted by Crippen LogP contribution is -1.94. The standard InChI is InChI=1S/C36H25I/c1-3-5-15-29-30-16-7-10-24(4-2)33(30)23-34-26(12-8-17-31(29)34)20-19-25-11-6-13-27-21-28-14-9-18-36(37)35(28)22-32(25)27/h2,6-14,16-18,21-23H,3,5,15H2,1H3. The average molecular weight is 584 g/mol. The molecule has 6 aromatic rings. The molecule has 0 aliphatic rings. The first-order valence-corrected chi connectivity index (χ1v) is 13.8. The predicted molar refractivity (Wildman–Crippen MR) is 168 cm³/mol. The summed E-state index contributed by atoms with van der Waals surface area (Å²) in [5.74, 6) is 9.97. The fraction of sp³-hybridized carbons (Fsp3) is 0.111. The van der Waals surface area contributed by atoms with Gasteiger partial charge in [-0.05, 0) is 127 Å². The van der Waals surface area contributed by atoms with Crippen molar-refractivity contribution in [2.75, 3.05) is 0 Å². The molecule has 0 aliphatic carbocycles. The third-order valence-corrected chi connectivity index (χ3v) is 8.19. The number of aryl methyl sites for hydroxylation is 1. The Morgan fingerprint density at radius 3 is 1.89 bits per heavy atom. The molecule has 0 heterocycles. The second-order valence-electron chi connectivity index (χ2n) is 9.49. The maximum atomic E-state index is 5.91. The largest absolute Gasteiger partial charge is 0.115 e. The molecule has 0 bridgehead atoms. The lowest BCUT2D eigenvalue weighted by molar-refractivity contribution is 0.802. The van der Waals surface area contributed by atoms with Crippen LogP contribution in [0.2, 0.25) is 0 Å². The predicted octanol–water partition coefficient (Wildman–Crippen LogP) is 9.63. The lowest BCUT2D eigenvalue weighted by Gasteiger charge is -2.14. The summed E-state index contributed by atoms with van der Waals surface area (Å²) in [5, 5.41) is 9.79. The first-order chi connectivity index (χ1) is 18.2. The van der Waals surface area contributed by atoms with Crippen LogP contribution in [-0.4, -0.2) is 0 Å². The number of halogens is 1. The van der Waals surface area contributed by atoms with Crippen molar-refractivity contribution in [2.24, 2.45) is 0 Å². The van der Waals surface area contributed by atoms with Gasteiger partial charge in [0.05, 0.1) is 0 Å². The molecule has 0 unspecified atom stereocenters. The highest BCUT2D eigenvalue weighted by atomic mass is 127. The molecule has 0 amide bonds. The van der Waals surface area contributed by atoms with Crippen molar-refractivity contribution >= 4 is 65.7 Å². The molecule has 0 spiro atoms. The van der Waals surface area contributed by atoms with E-state index >= 15 is 0 Å². The van der Waals surface area contributed by atoms with Crippen LogP contribution in [0.4, 0.5) is 0 Å². The Hall–Kier alpha value is -3.79. The first kappa shape index (κ1) is 23.6. The van der Waals surface area contributed by atoms with E-state index in [2.05, 4.69) is 132 Å². The molecule has 0 aliphatic heterocycles. The fourth-order valence-corrected chi connectivity index (χ4v) is 6.05. The smallest absolute Gasteiger partial charge is 0.0327 e. The molecular weight excluding hydrogens is 559 g/mol. The highest BCUT2D eigenvalue weighted by Crippen LogP contribution is 2.33. The number of hydrogen-bond donors (Lipinski definition) is 0. The summed E-state index contributed by atoms with van der Waals surface area (Å²) in [5.41, 5.74) is 4.40. The highest BCUT2D eigenvalue weighted by Gasteiger charge is 2.12. The SMILES string of the molecule is C#Cc1cccc2c(CCCC)c3cccc(C#Cc4cccc5cc6cccc(I)c6cc45)c3cc12. The van der Waals surface area contributed by atoms with Crippen LogP contribution >= 0.6 is 22.6 Å². The maximum Gasteiger partial charge on any atom is 0.0327 e. The van der Waals surface area contributed by atoms with E-state index in [1.54, 1.807) is 0 Å². The van der Waals surface area contributed by atoms with Crippen LogP contribution in [0.1, 0.15) is 42.0 Å². The quantitative estimate of drug-likeness (QED) is 0.110. The monoisotopic (exact) mass is 584 g/mol. The van der Waals surface area contributed by atoms with E-state index < -0.39 is 0 Å². The van der Waals surface area contributed by atoms with Gasteiger partial charge in [0.2, 0.25) is 0 Å². The summed E-state index contributed by atoms with van der Waals surface area (Å²) < 4.78 is 1.25. The van der Waals surface area contributed by atoms with Gasteiger partial charge in [-0.15, -0.1) is 6.42 Å². The van der Waals surface area contributed by atoms with Crippen LogP contribution in [0.15, 0.2) is 91.0 Å². The number of rotatable bonds is 3. The molecule has 6 rings (SSSR count). The van der Waals surface area contributed by atoms with E-state index in [0.29, 0.717) is 0 Å². The number of benzene rings is 6. The van der Waals surface area contributed by atoms with Gasteiger partial charge in [-0.1, -0.05) is 79.6 Å². The van der Waals surface area contributed by atoms with E-state index in [1.165, 1.54) is 46.8 Å². The maximum absolute atomic E-state index is 5.91. The van der Waals surface area contributed by atoms with Gasteiger partial charge < -0.3 is 0 Å². The van der Waals surface area contributed by atoms with Gasteiger partial charge in [0.25, 0.3) is 0 Å². The van der Waals surface area contributed by atoms with Crippen LogP contribution in [0.5, 0.6) is 0 Å². The Morgan fingerprint density at radius 2 is 1.19 bits per heavy atom. The van der Waals surface area contributed by atoms with Gasteiger partial charge in [-0.3, -0.25) is 0 Å². The summed E-state index contributed by atoms with van der Waals surface area (Å²) in [6.07, 6.45) is 9.24. The van der Waals surface area contributed by atoms with E-state index in [4.69, 9.17) is 6.42 Å². The topological polar surface area (TPSA) is 0 Å². The van der Waals surface area contributed by atoms with Crippen molar-refractivity contribution < 1.29 is 0 Å². The zero-order valence-electron chi connectivity index (χ0n) is 20.7. The Balaban J connectivity index is 1.58. The Morgan fingerprint density at radius 1 is 0.622 bits per heavy atom. The van der Waals surface area contributed by atoms with Crippen LogP contribution in [0.25, 0.3) is 43.1 Å². The fourth-order valence-electron chi connectivity index (χ4n) is 5.37. The second-order valence-corrected chi connectivity index (χ2v) is 10.7. The van der Waals surface area contributed by atoms with Crippen molar-refractivity contribution in [1.82, 2.24) is 0 Å². The summed E-state index contributed by atoms with van der Waals surface area (Å²) >= 11 is 2.42. The lowest BCUT2D eigenvalue weighted by atomic mass is 9.90. The van der Waals surface area contributed by atoms with Crippen molar-refractivity contribution in [3.8, 4) is 24.2 Å². The molecule has 0 aromatic heterocycles. The Labute approximate surface area is 231 Å².